The van der Waals surface area contributed by atoms with Crippen LogP contribution in [-0.4, -0.2) is 19.2 Å². The number of nitrogens with one attached hydrogen (secondary N) is 1. The van der Waals surface area contributed by atoms with Gasteiger partial charge >= 0.3 is 7.60 Å². The number of hydrogen-bond donors (Lipinski definition) is 1. The molecule has 2 aromatic rings. The highest BCUT2D eigenvalue weighted by atomic mass is 31.2. The van der Waals surface area contributed by atoms with E-state index in [0.717, 1.165) is 5.56 Å². The number of hydrogen-bond acceptors (Lipinski definition) is 6. The van der Waals surface area contributed by atoms with Crippen molar-refractivity contribution in [1.29, 1.82) is 0 Å². The first-order valence-electron chi connectivity index (χ1n) is 8.02. The molecule has 0 saturated carbocycles. The van der Waals surface area contributed by atoms with Gasteiger partial charge in [0.2, 0.25) is 0 Å². The van der Waals surface area contributed by atoms with E-state index in [2.05, 4.69) is 5.32 Å². The quantitative estimate of drug-likeness (QED) is 0.688. The highest BCUT2D eigenvalue weighted by molar-refractivity contribution is 7.54. The van der Waals surface area contributed by atoms with Gasteiger partial charge in [0.15, 0.2) is 5.78 Å². The van der Waals surface area contributed by atoms with Gasteiger partial charge in [0.25, 0.3) is 0 Å². The number of carbonyl (C=O) groups excluding carboxylic acids is 1. The SMILES string of the molecule is CCOP(=O)(OCC)[C@H](Nc1ccc(C(=O)[O-])cc1)c1ccccc1. The lowest BCUT2D eigenvalue weighted by molar-refractivity contribution is -0.255. The van der Waals surface area contributed by atoms with Gasteiger partial charge in [0.05, 0.1) is 19.2 Å². The maximum atomic E-state index is 13.3. The lowest BCUT2D eigenvalue weighted by Crippen LogP contribution is -2.22. The minimum Gasteiger partial charge on any atom is -0.545 e. The van der Waals surface area contributed by atoms with E-state index < -0.39 is 19.3 Å². The van der Waals surface area contributed by atoms with Gasteiger partial charge < -0.3 is 24.3 Å². The average molecular weight is 362 g/mol. The van der Waals surface area contributed by atoms with Crippen LogP contribution >= 0.6 is 7.60 Å². The zero-order chi connectivity index (χ0) is 18.3. The van der Waals surface area contributed by atoms with Crippen molar-refractivity contribution in [2.75, 3.05) is 18.5 Å². The fourth-order valence-electron chi connectivity index (χ4n) is 2.39. The van der Waals surface area contributed by atoms with Gasteiger partial charge in [-0.25, -0.2) is 0 Å². The van der Waals surface area contributed by atoms with Gasteiger partial charge in [0.1, 0.15) is 0 Å². The van der Waals surface area contributed by atoms with E-state index in [1.165, 1.54) is 12.1 Å². The Bertz CT molecular complexity index is 723. The number of anilines is 1. The van der Waals surface area contributed by atoms with E-state index in [1.54, 1.807) is 26.0 Å². The molecule has 2 aromatic carbocycles. The average Bonchev–Trinajstić information content (AvgIpc) is 2.61. The molecule has 0 radical (unpaired) electrons. The van der Waals surface area contributed by atoms with Crippen molar-refractivity contribution in [3.8, 4) is 0 Å². The molecule has 134 valence electrons. The molecule has 0 fully saturated rings. The third kappa shape index (κ3) is 4.92. The molecule has 0 amide bonds. The molecule has 0 aliphatic rings. The Morgan fingerprint density at radius 3 is 2.08 bits per heavy atom. The summed E-state index contributed by atoms with van der Waals surface area (Å²) in [6, 6.07) is 15.2. The number of rotatable bonds is 9. The number of aromatic carboxylic acids is 1. The van der Waals surface area contributed by atoms with E-state index in [-0.39, 0.29) is 18.8 Å². The summed E-state index contributed by atoms with van der Waals surface area (Å²) in [5, 5.41) is 14.0. The van der Waals surface area contributed by atoms with Crippen molar-refractivity contribution in [3.63, 3.8) is 0 Å². The van der Waals surface area contributed by atoms with Gasteiger partial charge in [-0.05, 0) is 37.1 Å². The van der Waals surface area contributed by atoms with E-state index in [4.69, 9.17) is 9.05 Å². The van der Waals surface area contributed by atoms with E-state index in [9.17, 15) is 14.5 Å². The molecule has 0 unspecified atom stereocenters. The Balaban J connectivity index is 2.37. The molecule has 0 aromatic heterocycles. The van der Waals surface area contributed by atoms with E-state index >= 15 is 0 Å². The molecule has 0 aliphatic carbocycles. The second-order valence-corrected chi connectivity index (χ2v) is 7.31. The van der Waals surface area contributed by atoms with Crippen molar-refractivity contribution >= 4 is 19.3 Å². The summed E-state index contributed by atoms with van der Waals surface area (Å²) >= 11 is 0. The van der Waals surface area contributed by atoms with Gasteiger partial charge in [-0.15, -0.1) is 0 Å². The molecule has 0 aliphatic heterocycles. The minimum atomic E-state index is -3.49. The minimum absolute atomic E-state index is 0.0691. The second kappa shape index (κ2) is 8.81. The highest BCUT2D eigenvalue weighted by Crippen LogP contribution is 2.60. The molecular weight excluding hydrogens is 341 g/mol. The predicted molar refractivity (Wildman–Crippen MR) is 94.4 cm³/mol. The van der Waals surface area contributed by atoms with Crippen LogP contribution in [-0.2, 0) is 13.6 Å². The summed E-state index contributed by atoms with van der Waals surface area (Å²) in [4.78, 5) is 10.9. The Kier molecular flexibility index (Phi) is 6.76. The van der Waals surface area contributed by atoms with Gasteiger partial charge in [0, 0.05) is 5.69 Å². The summed E-state index contributed by atoms with van der Waals surface area (Å²) in [5.74, 6) is -1.97. The molecule has 0 spiro atoms. The highest BCUT2D eigenvalue weighted by Gasteiger charge is 2.36. The Labute approximate surface area is 147 Å². The largest absolute Gasteiger partial charge is 0.545 e. The van der Waals surface area contributed by atoms with Crippen molar-refractivity contribution in [3.05, 3.63) is 65.7 Å². The van der Waals surface area contributed by atoms with Crippen LogP contribution in [0.2, 0.25) is 0 Å². The van der Waals surface area contributed by atoms with Crippen LogP contribution in [0.15, 0.2) is 54.6 Å². The van der Waals surface area contributed by atoms with E-state index in [1.807, 2.05) is 30.3 Å². The molecule has 6 nitrogen and oxygen atoms in total. The molecule has 7 heteroatoms. The van der Waals surface area contributed by atoms with E-state index in [0.29, 0.717) is 5.69 Å². The fourth-order valence-corrected chi connectivity index (χ4v) is 4.32. The normalized spacial score (nSPS) is 12.6. The van der Waals surface area contributed by atoms with Gasteiger partial charge in [-0.3, -0.25) is 4.57 Å². The molecule has 25 heavy (non-hydrogen) atoms. The first-order valence-corrected chi connectivity index (χ1v) is 9.63. The van der Waals surface area contributed by atoms with Crippen LogP contribution < -0.4 is 10.4 Å². The third-order valence-corrected chi connectivity index (χ3v) is 5.77. The summed E-state index contributed by atoms with van der Waals surface area (Å²) in [5.41, 5.74) is 1.41. The van der Waals surface area contributed by atoms with Crippen LogP contribution in [0, 0.1) is 0 Å². The standard InChI is InChI=1S/C18H22NO5P/c1-3-23-25(22,24-4-2)17(14-8-6-5-7-9-14)19-16-12-10-15(11-13-16)18(20)21/h5-13,17,19H,3-4H2,1-2H3,(H,20,21)/p-1/t17-/m0/s1. The first kappa shape index (κ1) is 19.2. The fraction of sp³-hybridized carbons (Fsp3) is 0.278. The first-order chi connectivity index (χ1) is 12.0. The van der Waals surface area contributed by atoms with Crippen LogP contribution in [0.1, 0.15) is 35.6 Å². The van der Waals surface area contributed by atoms with Crippen molar-refractivity contribution in [2.45, 2.75) is 19.6 Å². The number of carboxylic acids is 1. The summed E-state index contributed by atoms with van der Waals surface area (Å²) in [6.07, 6.45) is 0. The van der Waals surface area contributed by atoms with Crippen molar-refractivity contribution in [2.24, 2.45) is 0 Å². The molecule has 0 saturated heterocycles. The molecular formula is C18H21NO5P-. The smallest absolute Gasteiger partial charge is 0.357 e. The van der Waals surface area contributed by atoms with Crippen LogP contribution in [0.4, 0.5) is 5.69 Å². The second-order valence-electron chi connectivity index (χ2n) is 5.20. The Morgan fingerprint density at radius 1 is 1.04 bits per heavy atom. The maximum absolute atomic E-state index is 13.3. The van der Waals surface area contributed by atoms with Crippen LogP contribution in [0.3, 0.4) is 0 Å². The van der Waals surface area contributed by atoms with Crippen molar-refractivity contribution in [1.82, 2.24) is 0 Å². The summed E-state index contributed by atoms with van der Waals surface area (Å²) in [6.45, 7) is 3.99. The zero-order valence-corrected chi connectivity index (χ0v) is 15.1. The number of benzene rings is 2. The zero-order valence-electron chi connectivity index (χ0n) is 14.2. The topological polar surface area (TPSA) is 87.7 Å². The summed E-state index contributed by atoms with van der Waals surface area (Å²) in [7, 11) is -3.49. The summed E-state index contributed by atoms with van der Waals surface area (Å²) < 4.78 is 24.3. The van der Waals surface area contributed by atoms with Crippen LogP contribution in [0.25, 0.3) is 0 Å². The monoisotopic (exact) mass is 362 g/mol. The van der Waals surface area contributed by atoms with Crippen molar-refractivity contribution < 1.29 is 23.5 Å². The number of carbonyl (C=O) groups is 1. The molecule has 2 rings (SSSR count). The third-order valence-electron chi connectivity index (χ3n) is 3.47. The molecule has 1 N–H and O–H groups in total. The number of carboxylic acid groups (broad SMARTS) is 1. The Morgan fingerprint density at radius 2 is 1.60 bits per heavy atom. The molecule has 1 atom stereocenters. The Hall–Kier alpha value is -2.14. The predicted octanol–water partition coefficient (Wildman–Crippen LogP) is 3.43. The van der Waals surface area contributed by atoms with Gasteiger partial charge in [-0.2, -0.15) is 0 Å². The molecule has 0 heterocycles. The lowest BCUT2D eigenvalue weighted by Gasteiger charge is -2.28. The van der Waals surface area contributed by atoms with Gasteiger partial charge in [-0.1, -0.05) is 42.5 Å². The maximum Gasteiger partial charge on any atom is 0.357 e. The molecule has 0 bridgehead atoms. The lowest BCUT2D eigenvalue weighted by atomic mass is 10.2. The van der Waals surface area contributed by atoms with Crippen LogP contribution in [0.5, 0.6) is 0 Å².